The second-order valence-corrected chi connectivity index (χ2v) is 4.27. The highest BCUT2D eigenvalue weighted by atomic mass is 16.1. The van der Waals surface area contributed by atoms with Crippen molar-refractivity contribution in [1.29, 1.82) is 0 Å². The van der Waals surface area contributed by atoms with E-state index in [4.69, 9.17) is 5.73 Å². The minimum absolute atomic E-state index is 0.104. The van der Waals surface area contributed by atoms with E-state index in [1.54, 1.807) is 10.7 Å². The normalized spacial score (nSPS) is 10.7. The molecule has 3 rings (SSSR count). The predicted octanol–water partition coefficient (Wildman–Crippen LogP) is 1.33. The largest absolute Gasteiger partial charge is 0.366 e. The molecule has 7 heteroatoms. The van der Waals surface area contributed by atoms with E-state index in [0.717, 1.165) is 16.9 Å². The van der Waals surface area contributed by atoms with Gasteiger partial charge in [-0.3, -0.25) is 4.79 Å². The highest BCUT2D eigenvalue weighted by Gasteiger charge is 2.08. The average Bonchev–Trinajstić information content (AvgIpc) is 2.79. The van der Waals surface area contributed by atoms with E-state index in [-0.39, 0.29) is 11.9 Å². The average molecular weight is 268 g/mol. The Bertz CT molecular complexity index is 777. The fourth-order valence-corrected chi connectivity index (χ4v) is 1.96. The van der Waals surface area contributed by atoms with Crippen LogP contribution in [0.2, 0.25) is 0 Å². The number of fused-ring (bicyclic) bond motifs is 1. The van der Waals surface area contributed by atoms with Gasteiger partial charge in [0.15, 0.2) is 0 Å². The molecule has 0 bridgehead atoms. The zero-order chi connectivity index (χ0) is 14.1. The Morgan fingerprint density at radius 3 is 2.70 bits per heavy atom. The number of hydrogen-bond donors (Lipinski definition) is 2. The van der Waals surface area contributed by atoms with Crippen molar-refractivity contribution in [2.75, 3.05) is 11.1 Å². The summed E-state index contributed by atoms with van der Waals surface area (Å²) in [6, 6.07) is 9.25. The minimum Gasteiger partial charge on any atom is -0.366 e. The highest BCUT2D eigenvalue weighted by Crippen LogP contribution is 2.21. The number of hydrogen-bond acceptors (Lipinski definition) is 5. The number of benzene rings is 1. The number of nitrogens with one attached hydrogen (secondary N) is 1. The molecule has 3 aromatic rings. The van der Waals surface area contributed by atoms with E-state index in [1.807, 2.05) is 30.3 Å². The zero-order valence-electron chi connectivity index (χ0n) is 10.7. The first-order chi connectivity index (χ1) is 9.63. The molecule has 1 aromatic carbocycles. The van der Waals surface area contributed by atoms with Crippen LogP contribution >= 0.6 is 0 Å². The topological polar surface area (TPSA) is 98.2 Å². The lowest BCUT2D eigenvalue weighted by Crippen LogP contribution is -2.05. The van der Waals surface area contributed by atoms with Crippen molar-refractivity contribution < 1.29 is 4.79 Å². The molecule has 0 unspecified atom stereocenters. The number of rotatable bonds is 2. The zero-order valence-corrected chi connectivity index (χ0v) is 10.7. The Kier molecular flexibility index (Phi) is 2.79. The van der Waals surface area contributed by atoms with E-state index < -0.39 is 0 Å². The Labute approximate surface area is 114 Å². The molecular weight excluding hydrogens is 256 g/mol. The summed E-state index contributed by atoms with van der Waals surface area (Å²) in [6.45, 7) is 1.47. The van der Waals surface area contributed by atoms with Crippen molar-refractivity contribution in [3.63, 3.8) is 0 Å². The molecule has 0 saturated carbocycles. The molecule has 0 radical (unpaired) electrons. The van der Waals surface area contributed by atoms with Gasteiger partial charge in [-0.05, 0) is 18.2 Å². The van der Waals surface area contributed by atoms with Crippen LogP contribution in [0.25, 0.3) is 17.0 Å². The number of carbonyl (C=O) groups is 1. The van der Waals surface area contributed by atoms with Crippen molar-refractivity contribution >= 4 is 23.3 Å². The lowest BCUT2D eigenvalue weighted by Gasteiger charge is -2.05. The maximum absolute atomic E-state index is 11.0. The Hall–Kier alpha value is -2.96. The van der Waals surface area contributed by atoms with E-state index >= 15 is 0 Å². The van der Waals surface area contributed by atoms with Gasteiger partial charge in [0.05, 0.1) is 5.69 Å². The molecule has 0 spiro atoms. The van der Waals surface area contributed by atoms with Crippen LogP contribution < -0.4 is 11.1 Å². The number of nitrogens with two attached hydrogens (primary N) is 1. The number of nitrogens with zero attached hydrogens (tertiary/aromatic N) is 4. The van der Waals surface area contributed by atoms with Crippen LogP contribution in [0.4, 0.5) is 11.6 Å². The molecule has 0 aliphatic rings. The first-order valence-corrected chi connectivity index (χ1v) is 5.99. The monoisotopic (exact) mass is 268 g/mol. The third kappa shape index (κ3) is 2.16. The van der Waals surface area contributed by atoms with Crippen LogP contribution in [0.5, 0.6) is 0 Å². The Morgan fingerprint density at radius 1 is 1.25 bits per heavy atom. The fourth-order valence-electron chi connectivity index (χ4n) is 1.96. The summed E-state index contributed by atoms with van der Waals surface area (Å²) < 4.78 is 1.59. The first kappa shape index (κ1) is 12.1. The molecule has 100 valence electrons. The van der Waals surface area contributed by atoms with Crippen molar-refractivity contribution in [2.24, 2.45) is 0 Å². The lowest BCUT2D eigenvalue weighted by molar-refractivity contribution is -0.114. The summed E-state index contributed by atoms with van der Waals surface area (Å²) in [4.78, 5) is 19.1. The van der Waals surface area contributed by atoms with Gasteiger partial charge in [0.2, 0.25) is 11.9 Å². The first-order valence-electron chi connectivity index (χ1n) is 5.99. The summed E-state index contributed by atoms with van der Waals surface area (Å²) in [5.41, 5.74) is 8.08. The maximum atomic E-state index is 11.0. The second kappa shape index (κ2) is 4.61. The van der Waals surface area contributed by atoms with Gasteiger partial charge in [-0.2, -0.15) is 9.50 Å². The van der Waals surface area contributed by atoms with Gasteiger partial charge in [-0.1, -0.05) is 12.1 Å². The van der Waals surface area contributed by atoms with E-state index in [9.17, 15) is 4.79 Å². The molecule has 0 saturated heterocycles. The number of anilines is 2. The van der Waals surface area contributed by atoms with E-state index in [1.165, 1.54) is 6.92 Å². The van der Waals surface area contributed by atoms with Gasteiger partial charge in [0.25, 0.3) is 5.78 Å². The number of amides is 1. The van der Waals surface area contributed by atoms with Crippen LogP contribution in [0.1, 0.15) is 6.92 Å². The molecule has 20 heavy (non-hydrogen) atoms. The Balaban J connectivity index is 2.04. The summed E-state index contributed by atoms with van der Waals surface area (Å²) in [5, 5.41) is 6.83. The van der Waals surface area contributed by atoms with Crippen LogP contribution in [0, 0.1) is 0 Å². The molecular formula is C13H12N6O. The molecule has 3 N–H and O–H groups in total. The molecule has 0 atom stereocenters. The molecule has 0 fully saturated rings. The van der Waals surface area contributed by atoms with Crippen LogP contribution in [-0.2, 0) is 4.79 Å². The molecule has 2 aromatic heterocycles. The van der Waals surface area contributed by atoms with Gasteiger partial charge in [-0.25, -0.2) is 4.98 Å². The summed E-state index contributed by atoms with van der Waals surface area (Å²) in [6.07, 6.45) is 1.65. The van der Waals surface area contributed by atoms with Crippen molar-refractivity contribution in [3.05, 3.63) is 36.5 Å². The van der Waals surface area contributed by atoms with Gasteiger partial charge in [0.1, 0.15) is 0 Å². The summed E-state index contributed by atoms with van der Waals surface area (Å²) in [5.74, 6) is 0.527. The smallest absolute Gasteiger partial charge is 0.254 e. The molecule has 1 amide bonds. The predicted molar refractivity (Wildman–Crippen MR) is 74.9 cm³/mol. The van der Waals surface area contributed by atoms with E-state index in [0.29, 0.717) is 5.78 Å². The maximum Gasteiger partial charge on any atom is 0.254 e. The minimum atomic E-state index is -0.104. The third-order valence-corrected chi connectivity index (χ3v) is 2.76. The van der Waals surface area contributed by atoms with Gasteiger partial charge in [-0.15, -0.1) is 5.10 Å². The quantitative estimate of drug-likeness (QED) is 0.730. The second-order valence-electron chi connectivity index (χ2n) is 4.27. The van der Waals surface area contributed by atoms with E-state index in [2.05, 4.69) is 20.4 Å². The van der Waals surface area contributed by atoms with Crippen LogP contribution in [-0.4, -0.2) is 25.5 Å². The van der Waals surface area contributed by atoms with Crippen LogP contribution in [0.3, 0.4) is 0 Å². The molecule has 0 aliphatic heterocycles. The van der Waals surface area contributed by atoms with Crippen molar-refractivity contribution in [3.8, 4) is 11.3 Å². The summed E-state index contributed by atoms with van der Waals surface area (Å²) >= 11 is 0. The third-order valence-electron chi connectivity index (χ3n) is 2.76. The Morgan fingerprint density at radius 2 is 2.00 bits per heavy atom. The standard InChI is InChI=1S/C13H12N6O/c1-8(20)16-10-4-2-9(3-5-10)11-6-7-15-13-17-12(14)18-19(11)13/h2-7H,1H3,(H2,14,18)(H,16,20). The van der Waals surface area contributed by atoms with Crippen LogP contribution in [0.15, 0.2) is 36.5 Å². The number of nitrogen functional groups attached to an aromatic ring is 1. The lowest BCUT2D eigenvalue weighted by atomic mass is 10.1. The van der Waals surface area contributed by atoms with Gasteiger partial charge in [0, 0.05) is 24.4 Å². The fraction of sp³-hybridized carbons (Fsp3) is 0.0769. The van der Waals surface area contributed by atoms with Crippen molar-refractivity contribution in [2.45, 2.75) is 6.92 Å². The number of carbonyl (C=O) groups excluding carboxylic acids is 1. The molecule has 2 heterocycles. The van der Waals surface area contributed by atoms with Gasteiger partial charge < -0.3 is 11.1 Å². The highest BCUT2D eigenvalue weighted by molar-refractivity contribution is 5.88. The van der Waals surface area contributed by atoms with Gasteiger partial charge >= 0.3 is 0 Å². The number of aromatic nitrogens is 4. The molecule has 7 nitrogen and oxygen atoms in total. The molecule has 0 aliphatic carbocycles. The summed E-state index contributed by atoms with van der Waals surface area (Å²) in [7, 11) is 0. The van der Waals surface area contributed by atoms with Crippen molar-refractivity contribution in [1.82, 2.24) is 19.6 Å². The SMILES string of the molecule is CC(=O)Nc1ccc(-c2ccnc3nc(N)nn23)cc1.